The number of phenolic OH excluding ortho intramolecular Hbond substituents is 1. The molecule has 1 aliphatic rings. The van der Waals surface area contributed by atoms with Gasteiger partial charge in [0.1, 0.15) is 5.75 Å². The van der Waals surface area contributed by atoms with Gasteiger partial charge in [0.2, 0.25) is 11.7 Å². The Labute approximate surface area is 123 Å². The van der Waals surface area contributed by atoms with Gasteiger partial charge in [-0.3, -0.25) is 0 Å². The Kier molecular flexibility index (Phi) is 4.47. The van der Waals surface area contributed by atoms with Crippen molar-refractivity contribution < 1.29 is 14.4 Å². The van der Waals surface area contributed by atoms with E-state index in [1.807, 2.05) is 6.07 Å². The number of piperidine rings is 1. The highest BCUT2D eigenvalue weighted by atomic mass is 16.5. The first kappa shape index (κ1) is 14.0. The summed E-state index contributed by atoms with van der Waals surface area (Å²) in [6.45, 7) is 2.63. The SMILES string of the molecule is Oc1cccc(-c2noc(CCOC3CCNCC3)n2)c1. The molecule has 3 rings (SSSR count). The van der Waals surface area contributed by atoms with Crippen LogP contribution in [0.3, 0.4) is 0 Å². The van der Waals surface area contributed by atoms with E-state index in [0.29, 0.717) is 30.8 Å². The third-order valence-electron chi connectivity index (χ3n) is 3.53. The molecule has 0 amide bonds. The molecule has 112 valence electrons. The molecule has 0 bridgehead atoms. The minimum Gasteiger partial charge on any atom is -0.508 e. The third kappa shape index (κ3) is 3.80. The lowest BCUT2D eigenvalue weighted by Crippen LogP contribution is -2.32. The van der Waals surface area contributed by atoms with E-state index in [1.54, 1.807) is 18.2 Å². The van der Waals surface area contributed by atoms with Crippen LogP contribution in [-0.2, 0) is 11.2 Å². The highest BCUT2D eigenvalue weighted by Crippen LogP contribution is 2.20. The number of nitrogens with zero attached hydrogens (tertiary/aromatic N) is 2. The third-order valence-corrected chi connectivity index (χ3v) is 3.53. The predicted molar refractivity (Wildman–Crippen MR) is 76.9 cm³/mol. The van der Waals surface area contributed by atoms with Crippen LogP contribution in [0.25, 0.3) is 11.4 Å². The average molecular weight is 289 g/mol. The Hall–Kier alpha value is -1.92. The molecule has 2 aromatic rings. The number of phenols is 1. The fourth-order valence-corrected chi connectivity index (χ4v) is 2.39. The second-order valence-electron chi connectivity index (χ2n) is 5.13. The van der Waals surface area contributed by atoms with Crippen molar-refractivity contribution in [3.63, 3.8) is 0 Å². The summed E-state index contributed by atoms with van der Waals surface area (Å²) in [6.07, 6.45) is 3.05. The molecule has 0 spiro atoms. The number of benzene rings is 1. The van der Waals surface area contributed by atoms with Gasteiger partial charge in [0.15, 0.2) is 0 Å². The van der Waals surface area contributed by atoms with E-state index in [0.717, 1.165) is 31.5 Å². The maximum atomic E-state index is 9.46. The van der Waals surface area contributed by atoms with Crippen molar-refractivity contribution in [2.75, 3.05) is 19.7 Å². The van der Waals surface area contributed by atoms with Crippen molar-refractivity contribution in [1.82, 2.24) is 15.5 Å². The first-order chi connectivity index (χ1) is 10.3. The number of aromatic hydroxyl groups is 1. The number of aromatic nitrogens is 2. The zero-order valence-corrected chi connectivity index (χ0v) is 11.8. The topological polar surface area (TPSA) is 80.4 Å². The molecule has 0 radical (unpaired) electrons. The van der Waals surface area contributed by atoms with Gasteiger partial charge in [-0.1, -0.05) is 17.3 Å². The van der Waals surface area contributed by atoms with E-state index in [1.165, 1.54) is 0 Å². The van der Waals surface area contributed by atoms with Gasteiger partial charge < -0.3 is 19.7 Å². The maximum Gasteiger partial charge on any atom is 0.229 e. The number of hydrogen-bond acceptors (Lipinski definition) is 6. The summed E-state index contributed by atoms with van der Waals surface area (Å²) >= 11 is 0. The number of hydrogen-bond donors (Lipinski definition) is 2. The van der Waals surface area contributed by atoms with Crippen LogP contribution >= 0.6 is 0 Å². The van der Waals surface area contributed by atoms with Crippen LogP contribution in [-0.4, -0.2) is 41.0 Å². The van der Waals surface area contributed by atoms with Crippen molar-refractivity contribution in [1.29, 1.82) is 0 Å². The van der Waals surface area contributed by atoms with Crippen molar-refractivity contribution >= 4 is 0 Å². The first-order valence-electron chi connectivity index (χ1n) is 7.25. The number of ether oxygens (including phenoxy) is 1. The van der Waals surface area contributed by atoms with Crippen molar-refractivity contribution in [3.8, 4) is 17.1 Å². The molecule has 2 N–H and O–H groups in total. The zero-order chi connectivity index (χ0) is 14.5. The zero-order valence-electron chi connectivity index (χ0n) is 11.8. The van der Waals surface area contributed by atoms with Crippen LogP contribution in [0.4, 0.5) is 0 Å². The smallest absolute Gasteiger partial charge is 0.229 e. The molecular formula is C15H19N3O3. The molecule has 21 heavy (non-hydrogen) atoms. The first-order valence-corrected chi connectivity index (χ1v) is 7.25. The molecule has 0 atom stereocenters. The van der Waals surface area contributed by atoms with Gasteiger partial charge >= 0.3 is 0 Å². The highest BCUT2D eigenvalue weighted by Gasteiger charge is 2.14. The molecular weight excluding hydrogens is 270 g/mol. The largest absolute Gasteiger partial charge is 0.508 e. The van der Waals surface area contributed by atoms with E-state index >= 15 is 0 Å². The Morgan fingerprint density at radius 1 is 1.33 bits per heavy atom. The monoisotopic (exact) mass is 289 g/mol. The van der Waals surface area contributed by atoms with E-state index in [2.05, 4.69) is 15.5 Å². The molecule has 0 unspecified atom stereocenters. The predicted octanol–water partition coefficient (Wildman–Crippen LogP) is 1.75. The second-order valence-corrected chi connectivity index (χ2v) is 5.13. The van der Waals surface area contributed by atoms with E-state index in [4.69, 9.17) is 9.26 Å². The lowest BCUT2D eigenvalue weighted by Gasteiger charge is -2.22. The molecule has 6 heteroatoms. The molecule has 1 aromatic heterocycles. The van der Waals surface area contributed by atoms with Crippen LogP contribution < -0.4 is 5.32 Å². The van der Waals surface area contributed by atoms with Gasteiger partial charge in [-0.05, 0) is 38.1 Å². The minimum atomic E-state index is 0.188. The van der Waals surface area contributed by atoms with Crippen LogP contribution in [0.15, 0.2) is 28.8 Å². The average Bonchev–Trinajstić information content (AvgIpc) is 2.97. The summed E-state index contributed by atoms with van der Waals surface area (Å²) in [5.74, 6) is 1.23. The molecule has 0 saturated carbocycles. The fourth-order valence-electron chi connectivity index (χ4n) is 2.39. The van der Waals surface area contributed by atoms with Crippen molar-refractivity contribution in [2.24, 2.45) is 0 Å². The van der Waals surface area contributed by atoms with Gasteiger partial charge in [0.25, 0.3) is 0 Å². The van der Waals surface area contributed by atoms with Gasteiger partial charge in [0, 0.05) is 5.56 Å². The van der Waals surface area contributed by atoms with Crippen LogP contribution in [0, 0.1) is 0 Å². The minimum absolute atomic E-state index is 0.188. The van der Waals surface area contributed by atoms with Gasteiger partial charge in [-0.25, -0.2) is 0 Å². The van der Waals surface area contributed by atoms with Crippen LogP contribution in [0.2, 0.25) is 0 Å². The summed E-state index contributed by atoms with van der Waals surface area (Å²) in [5.41, 5.74) is 0.740. The van der Waals surface area contributed by atoms with E-state index in [9.17, 15) is 5.11 Å². The van der Waals surface area contributed by atoms with Gasteiger partial charge in [-0.15, -0.1) is 0 Å². The van der Waals surface area contributed by atoms with Gasteiger partial charge in [0.05, 0.1) is 19.1 Å². The van der Waals surface area contributed by atoms with Crippen LogP contribution in [0.5, 0.6) is 5.75 Å². The van der Waals surface area contributed by atoms with Gasteiger partial charge in [-0.2, -0.15) is 4.98 Å². The summed E-state index contributed by atoms with van der Waals surface area (Å²) in [4.78, 5) is 4.32. The Bertz CT molecular complexity index is 579. The van der Waals surface area contributed by atoms with Crippen LogP contribution in [0.1, 0.15) is 18.7 Å². The lowest BCUT2D eigenvalue weighted by molar-refractivity contribution is 0.0322. The second kappa shape index (κ2) is 6.69. The van der Waals surface area contributed by atoms with E-state index in [-0.39, 0.29) is 5.75 Å². The van der Waals surface area contributed by atoms with E-state index < -0.39 is 0 Å². The highest BCUT2D eigenvalue weighted by molar-refractivity contribution is 5.56. The standard InChI is InChI=1S/C15H19N3O3/c19-12-3-1-2-11(10-12)15-17-14(21-18-15)6-9-20-13-4-7-16-8-5-13/h1-3,10,13,16,19H,4-9H2. The fraction of sp³-hybridized carbons (Fsp3) is 0.467. The van der Waals surface area contributed by atoms with Crippen molar-refractivity contribution in [2.45, 2.75) is 25.4 Å². The lowest BCUT2D eigenvalue weighted by atomic mass is 10.1. The molecule has 1 aromatic carbocycles. The Morgan fingerprint density at radius 2 is 2.19 bits per heavy atom. The number of rotatable bonds is 5. The quantitative estimate of drug-likeness (QED) is 0.873. The molecule has 1 saturated heterocycles. The Morgan fingerprint density at radius 3 is 3.00 bits per heavy atom. The number of nitrogens with one attached hydrogen (secondary N) is 1. The van der Waals surface area contributed by atoms with Crippen molar-refractivity contribution in [3.05, 3.63) is 30.2 Å². The maximum absolute atomic E-state index is 9.46. The molecule has 2 heterocycles. The summed E-state index contributed by atoms with van der Waals surface area (Å²) in [5, 5.41) is 16.7. The summed E-state index contributed by atoms with van der Waals surface area (Å²) in [6, 6.07) is 6.80. The molecule has 6 nitrogen and oxygen atoms in total. The molecule has 0 aliphatic carbocycles. The molecule has 1 fully saturated rings. The molecule has 1 aliphatic heterocycles. The summed E-state index contributed by atoms with van der Waals surface area (Å²) in [7, 11) is 0. The normalized spacial score (nSPS) is 16.2. The summed E-state index contributed by atoms with van der Waals surface area (Å²) < 4.78 is 11.0. The Balaban J connectivity index is 1.53.